The Morgan fingerprint density at radius 3 is 2.21 bits per heavy atom. The summed E-state index contributed by atoms with van der Waals surface area (Å²) in [5.41, 5.74) is 13.6. The minimum absolute atomic E-state index is 0.0141. The zero-order valence-corrected chi connectivity index (χ0v) is 24.0. The summed E-state index contributed by atoms with van der Waals surface area (Å²) in [5.74, 6) is -3.57. The number of phenolic OH excluding ortho intramolecular Hbond substituents is 1. The Hall–Kier alpha value is -4.46. The summed E-state index contributed by atoms with van der Waals surface area (Å²) < 4.78 is 0. The van der Waals surface area contributed by atoms with E-state index in [0.29, 0.717) is 36.9 Å². The molecule has 0 aliphatic carbocycles. The van der Waals surface area contributed by atoms with Gasteiger partial charge >= 0.3 is 5.97 Å². The van der Waals surface area contributed by atoms with Crippen molar-refractivity contribution < 1.29 is 34.5 Å². The monoisotopic (exact) mass is 596 g/mol. The molecule has 11 N–H and O–H groups in total. The van der Waals surface area contributed by atoms with Crippen LogP contribution < -0.4 is 27.4 Å². The molecule has 0 bridgehead atoms. The van der Waals surface area contributed by atoms with Gasteiger partial charge in [-0.05, 0) is 55.6 Å². The maximum absolute atomic E-state index is 13.4. The first-order chi connectivity index (χ1) is 20.5. The third kappa shape index (κ3) is 9.53. The highest BCUT2D eigenvalue weighted by molar-refractivity contribution is 5.94. The van der Waals surface area contributed by atoms with Crippen LogP contribution in [0.15, 0.2) is 54.7 Å². The Morgan fingerprint density at radius 2 is 1.56 bits per heavy atom. The number of nitrogens with two attached hydrogens (primary N) is 2. The number of aromatic nitrogens is 1. The highest BCUT2D eigenvalue weighted by Crippen LogP contribution is 2.19. The average molecular weight is 597 g/mol. The molecule has 1 aromatic heterocycles. The molecule has 13 nitrogen and oxygen atoms in total. The number of carbonyl (C=O) groups is 4. The predicted molar refractivity (Wildman–Crippen MR) is 160 cm³/mol. The normalized spacial score (nSPS) is 14.7. The van der Waals surface area contributed by atoms with E-state index in [9.17, 15) is 34.5 Å². The molecule has 0 saturated heterocycles. The van der Waals surface area contributed by atoms with Crippen molar-refractivity contribution in [2.24, 2.45) is 11.5 Å². The first-order valence-electron chi connectivity index (χ1n) is 14.1. The summed E-state index contributed by atoms with van der Waals surface area (Å²) in [5, 5.41) is 38.1. The fraction of sp³-hybridized carbons (Fsp3) is 0.400. The first kappa shape index (κ1) is 33.0. The number of para-hydroxylation sites is 1. The molecule has 0 spiro atoms. The number of benzene rings is 2. The molecular formula is C30H40N6O7. The van der Waals surface area contributed by atoms with Crippen LogP contribution in [-0.2, 0) is 32.0 Å². The lowest BCUT2D eigenvalue weighted by Gasteiger charge is -2.26. The first-order valence-corrected chi connectivity index (χ1v) is 14.1. The summed E-state index contributed by atoms with van der Waals surface area (Å²) in [7, 11) is 0. The Kier molecular flexibility index (Phi) is 12.0. The third-order valence-electron chi connectivity index (χ3n) is 7.09. The number of carboxylic acids is 1. The highest BCUT2D eigenvalue weighted by atomic mass is 16.4. The number of unbranched alkanes of at least 4 members (excludes halogenated alkanes) is 1. The lowest BCUT2D eigenvalue weighted by atomic mass is 10.0. The summed E-state index contributed by atoms with van der Waals surface area (Å²) in [4.78, 5) is 54.6. The molecule has 0 radical (unpaired) electrons. The number of carboxylic acid groups (broad SMARTS) is 1. The molecule has 3 rings (SSSR count). The molecule has 43 heavy (non-hydrogen) atoms. The number of H-pyrrole nitrogens is 1. The van der Waals surface area contributed by atoms with Crippen LogP contribution in [0, 0.1) is 0 Å². The molecule has 0 saturated carbocycles. The van der Waals surface area contributed by atoms with Crippen LogP contribution in [0.4, 0.5) is 0 Å². The summed E-state index contributed by atoms with van der Waals surface area (Å²) in [6.07, 6.45) is 1.84. The maximum atomic E-state index is 13.4. The summed E-state index contributed by atoms with van der Waals surface area (Å²) in [6.45, 7) is 1.73. The molecule has 3 amide bonds. The van der Waals surface area contributed by atoms with E-state index in [4.69, 9.17) is 11.5 Å². The number of phenols is 1. The van der Waals surface area contributed by atoms with Gasteiger partial charge in [-0.25, -0.2) is 4.79 Å². The van der Waals surface area contributed by atoms with Gasteiger partial charge in [0.05, 0.1) is 12.1 Å². The van der Waals surface area contributed by atoms with Gasteiger partial charge in [0.1, 0.15) is 23.9 Å². The second kappa shape index (κ2) is 15.7. The van der Waals surface area contributed by atoms with E-state index in [-0.39, 0.29) is 18.6 Å². The van der Waals surface area contributed by atoms with Crippen LogP contribution in [-0.4, -0.2) is 80.8 Å². The minimum Gasteiger partial charge on any atom is -0.508 e. The fourth-order valence-corrected chi connectivity index (χ4v) is 4.64. The van der Waals surface area contributed by atoms with E-state index in [0.717, 1.165) is 10.9 Å². The molecule has 3 aromatic rings. The van der Waals surface area contributed by atoms with Crippen LogP contribution >= 0.6 is 0 Å². The Balaban J connectivity index is 1.75. The van der Waals surface area contributed by atoms with Crippen LogP contribution in [0.3, 0.4) is 0 Å². The Labute approximate surface area is 249 Å². The van der Waals surface area contributed by atoms with E-state index in [2.05, 4.69) is 20.9 Å². The van der Waals surface area contributed by atoms with Gasteiger partial charge in [0, 0.05) is 29.9 Å². The van der Waals surface area contributed by atoms with Crippen molar-refractivity contribution in [1.82, 2.24) is 20.9 Å². The number of aromatic amines is 1. The number of carbonyl (C=O) groups excluding carboxylic acids is 3. The molecule has 0 aliphatic rings. The standard InChI is InChI=1S/C30H40N6O7/c1-17(37)26(29(41)35-25(30(42)43)15-19-16-33-23-8-3-2-6-21(19)23)36-28(40)24(14-18-9-11-20(38)12-10-18)34-27(39)22(32)7-4-5-13-31/h2-3,6,8-12,16-17,22,24-26,33,37-38H,4-5,7,13-15,31-32H2,1H3,(H,34,39)(H,35,41)(H,36,40)(H,42,43). The van der Waals surface area contributed by atoms with Gasteiger partial charge in [-0.2, -0.15) is 0 Å². The van der Waals surface area contributed by atoms with Gasteiger partial charge in [-0.1, -0.05) is 36.8 Å². The number of hydrogen-bond donors (Lipinski definition) is 9. The van der Waals surface area contributed by atoms with Gasteiger partial charge in [0.25, 0.3) is 0 Å². The van der Waals surface area contributed by atoms with Gasteiger partial charge in [0.15, 0.2) is 0 Å². The van der Waals surface area contributed by atoms with Gasteiger partial charge in [0.2, 0.25) is 17.7 Å². The van der Waals surface area contributed by atoms with Gasteiger partial charge < -0.3 is 47.7 Å². The second-order valence-electron chi connectivity index (χ2n) is 10.5. The fourth-order valence-electron chi connectivity index (χ4n) is 4.64. The van der Waals surface area contributed by atoms with Gasteiger partial charge in [-0.15, -0.1) is 0 Å². The molecule has 5 atom stereocenters. The van der Waals surface area contributed by atoms with Crippen molar-refractivity contribution in [3.8, 4) is 5.75 Å². The van der Waals surface area contributed by atoms with E-state index >= 15 is 0 Å². The van der Waals surface area contributed by atoms with E-state index < -0.39 is 54.0 Å². The predicted octanol–water partition coefficient (Wildman–Crippen LogP) is 0.0348. The number of fused-ring (bicyclic) bond motifs is 1. The largest absolute Gasteiger partial charge is 0.508 e. The lowest BCUT2D eigenvalue weighted by Crippen LogP contribution is -2.60. The van der Waals surface area contributed by atoms with E-state index in [1.54, 1.807) is 18.3 Å². The summed E-state index contributed by atoms with van der Waals surface area (Å²) in [6, 6.07) is 8.32. The van der Waals surface area contributed by atoms with Crippen molar-refractivity contribution in [2.45, 2.75) is 69.3 Å². The SMILES string of the molecule is CC(O)C(NC(=O)C(Cc1ccc(O)cc1)NC(=O)C(N)CCCCN)C(=O)NC(Cc1c[nH]c2ccccc12)C(=O)O. The van der Waals surface area contributed by atoms with E-state index in [1.807, 2.05) is 24.3 Å². The topological polar surface area (TPSA) is 233 Å². The lowest BCUT2D eigenvalue weighted by molar-refractivity contribution is -0.143. The average Bonchev–Trinajstić information content (AvgIpc) is 3.38. The third-order valence-corrected chi connectivity index (χ3v) is 7.09. The molecule has 232 valence electrons. The maximum Gasteiger partial charge on any atom is 0.326 e. The molecule has 0 fully saturated rings. The molecular weight excluding hydrogens is 556 g/mol. The van der Waals surface area contributed by atoms with Crippen molar-refractivity contribution >= 4 is 34.6 Å². The van der Waals surface area contributed by atoms with Crippen LogP contribution in [0.1, 0.15) is 37.3 Å². The number of aromatic hydroxyl groups is 1. The van der Waals surface area contributed by atoms with Crippen molar-refractivity contribution in [2.75, 3.05) is 6.54 Å². The Morgan fingerprint density at radius 1 is 0.884 bits per heavy atom. The van der Waals surface area contributed by atoms with Crippen molar-refractivity contribution in [3.05, 3.63) is 65.9 Å². The number of aliphatic hydroxyl groups is 1. The van der Waals surface area contributed by atoms with Gasteiger partial charge in [-0.3, -0.25) is 14.4 Å². The number of hydrogen-bond acceptors (Lipinski definition) is 8. The van der Waals surface area contributed by atoms with Crippen LogP contribution in [0.2, 0.25) is 0 Å². The van der Waals surface area contributed by atoms with E-state index in [1.165, 1.54) is 19.1 Å². The van der Waals surface area contributed by atoms with Crippen LogP contribution in [0.25, 0.3) is 10.9 Å². The zero-order chi connectivity index (χ0) is 31.5. The minimum atomic E-state index is -1.53. The second-order valence-corrected chi connectivity index (χ2v) is 10.5. The number of amides is 3. The highest BCUT2D eigenvalue weighted by Gasteiger charge is 2.33. The quantitative estimate of drug-likeness (QED) is 0.101. The summed E-state index contributed by atoms with van der Waals surface area (Å²) >= 11 is 0. The Bertz CT molecular complexity index is 1390. The smallest absolute Gasteiger partial charge is 0.326 e. The zero-order valence-electron chi connectivity index (χ0n) is 24.0. The van der Waals surface area contributed by atoms with Crippen molar-refractivity contribution in [1.29, 1.82) is 0 Å². The molecule has 13 heteroatoms. The molecule has 0 aliphatic heterocycles. The molecule has 5 unspecified atom stereocenters. The molecule has 1 heterocycles. The van der Waals surface area contributed by atoms with Crippen LogP contribution in [0.5, 0.6) is 5.75 Å². The number of rotatable bonds is 16. The molecule has 2 aromatic carbocycles. The number of aliphatic carboxylic acids is 1. The van der Waals surface area contributed by atoms with Crippen molar-refractivity contribution in [3.63, 3.8) is 0 Å². The number of aliphatic hydroxyl groups excluding tert-OH is 1. The number of nitrogens with one attached hydrogen (secondary N) is 4.